The van der Waals surface area contributed by atoms with Crippen molar-refractivity contribution >= 4 is 28.8 Å². The minimum atomic E-state index is -0.346. The van der Waals surface area contributed by atoms with Crippen LogP contribution in [-0.2, 0) is 9.59 Å². The maximum Gasteiger partial charge on any atom is 0.282 e. The van der Waals surface area contributed by atoms with Crippen molar-refractivity contribution in [2.24, 2.45) is 0 Å². The fourth-order valence-corrected chi connectivity index (χ4v) is 3.97. The first kappa shape index (κ1) is 22.5. The zero-order valence-electron chi connectivity index (χ0n) is 19.8. The number of anilines is 2. The predicted molar refractivity (Wildman–Crippen MR) is 135 cm³/mol. The summed E-state index contributed by atoms with van der Waals surface area (Å²) in [6.45, 7) is 10.5. The maximum absolute atomic E-state index is 13.6. The summed E-state index contributed by atoms with van der Waals surface area (Å²) in [4.78, 5) is 28.4. The Labute approximate surface area is 195 Å². The number of carbonyl (C=O) groups excluding carboxylic acids is 2. The van der Waals surface area contributed by atoms with Gasteiger partial charge in [-0.25, -0.2) is 4.90 Å². The molecule has 33 heavy (non-hydrogen) atoms. The number of rotatable bonds is 6. The average Bonchev–Trinajstić information content (AvgIpc) is 3.04. The summed E-state index contributed by atoms with van der Waals surface area (Å²) < 4.78 is 0. The molecular weight excluding hydrogens is 408 g/mol. The van der Waals surface area contributed by atoms with Gasteiger partial charge >= 0.3 is 0 Å². The molecular formula is C29H30N2O2. The van der Waals surface area contributed by atoms with E-state index in [0.717, 1.165) is 22.4 Å². The van der Waals surface area contributed by atoms with Gasteiger partial charge in [0.1, 0.15) is 5.70 Å². The molecule has 1 aliphatic heterocycles. The largest absolute Gasteiger partial charge is 0.350 e. The van der Waals surface area contributed by atoms with Crippen molar-refractivity contribution in [3.05, 3.63) is 101 Å². The van der Waals surface area contributed by atoms with Crippen molar-refractivity contribution in [2.45, 2.75) is 46.5 Å². The number of nitrogens with zero attached hydrogens (tertiary/aromatic N) is 1. The molecule has 1 N–H and O–H groups in total. The van der Waals surface area contributed by atoms with E-state index in [9.17, 15) is 9.59 Å². The van der Waals surface area contributed by atoms with Crippen LogP contribution < -0.4 is 10.2 Å². The minimum Gasteiger partial charge on any atom is -0.350 e. The highest BCUT2D eigenvalue weighted by Gasteiger charge is 2.40. The number of hydrogen-bond acceptors (Lipinski definition) is 3. The van der Waals surface area contributed by atoms with Crippen LogP contribution in [0.1, 0.15) is 61.8 Å². The van der Waals surface area contributed by atoms with Gasteiger partial charge in [0.25, 0.3) is 11.8 Å². The van der Waals surface area contributed by atoms with Gasteiger partial charge in [0.2, 0.25) is 0 Å². The molecule has 4 heteroatoms. The fourth-order valence-electron chi connectivity index (χ4n) is 3.97. The van der Waals surface area contributed by atoms with Gasteiger partial charge in [-0.3, -0.25) is 9.59 Å². The van der Waals surface area contributed by atoms with Gasteiger partial charge in [0.05, 0.1) is 11.3 Å². The Morgan fingerprint density at radius 2 is 1.18 bits per heavy atom. The first-order valence-corrected chi connectivity index (χ1v) is 11.4. The summed E-state index contributed by atoms with van der Waals surface area (Å²) in [6.07, 6.45) is 0. The zero-order valence-corrected chi connectivity index (χ0v) is 19.8. The summed E-state index contributed by atoms with van der Waals surface area (Å²) in [7, 11) is 0. The molecule has 0 unspecified atom stereocenters. The molecule has 1 heterocycles. The predicted octanol–water partition coefficient (Wildman–Crippen LogP) is 6.64. The third kappa shape index (κ3) is 4.47. The monoisotopic (exact) mass is 438 g/mol. The highest BCUT2D eigenvalue weighted by atomic mass is 16.2. The van der Waals surface area contributed by atoms with Crippen LogP contribution in [0, 0.1) is 6.92 Å². The van der Waals surface area contributed by atoms with E-state index >= 15 is 0 Å². The lowest BCUT2D eigenvalue weighted by Gasteiger charge is -2.16. The number of carbonyl (C=O) groups is 2. The van der Waals surface area contributed by atoms with Gasteiger partial charge in [-0.15, -0.1) is 0 Å². The first-order valence-electron chi connectivity index (χ1n) is 11.4. The third-order valence-electron chi connectivity index (χ3n) is 6.09. The van der Waals surface area contributed by atoms with Crippen LogP contribution in [0.5, 0.6) is 0 Å². The lowest BCUT2D eigenvalue weighted by molar-refractivity contribution is -0.120. The molecule has 2 amide bonds. The molecule has 3 aromatic carbocycles. The van der Waals surface area contributed by atoms with Gasteiger partial charge in [0, 0.05) is 5.69 Å². The van der Waals surface area contributed by atoms with Crippen molar-refractivity contribution in [2.75, 3.05) is 10.2 Å². The van der Waals surface area contributed by atoms with Gasteiger partial charge < -0.3 is 5.32 Å². The molecule has 0 radical (unpaired) electrons. The smallest absolute Gasteiger partial charge is 0.282 e. The third-order valence-corrected chi connectivity index (χ3v) is 6.09. The molecule has 0 atom stereocenters. The Morgan fingerprint density at radius 3 is 1.70 bits per heavy atom. The molecule has 0 aliphatic carbocycles. The van der Waals surface area contributed by atoms with Crippen molar-refractivity contribution in [1.82, 2.24) is 0 Å². The van der Waals surface area contributed by atoms with Crippen molar-refractivity contribution in [3.8, 4) is 0 Å². The van der Waals surface area contributed by atoms with Crippen LogP contribution in [0.25, 0.3) is 5.57 Å². The van der Waals surface area contributed by atoms with Crippen molar-refractivity contribution < 1.29 is 9.59 Å². The first-order chi connectivity index (χ1) is 15.8. The topological polar surface area (TPSA) is 49.4 Å². The van der Waals surface area contributed by atoms with Crippen molar-refractivity contribution in [3.63, 3.8) is 0 Å². The Bertz CT molecular complexity index is 1200. The highest BCUT2D eigenvalue weighted by molar-refractivity contribution is 6.46. The van der Waals surface area contributed by atoms with E-state index in [1.807, 2.05) is 79.7 Å². The van der Waals surface area contributed by atoms with Crippen molar-refractivity contribution in [1.29, 1.82) is 0 Å². The van der Waals surface area contributed by atoms with E-state index in [1.165, 1.54) is 10.5 Å². The van der Waals surface area contributed by atoms with Crippen LogP contribution >= 0.6 is 0 Å². The van der Waals surface area contributed by atoms with E-state index in [2.05, 4.69) is 33.0 Å². The van der Waals surface area contributed by atoms with Crippen LogP contribution in [0.2, 0.25) is 0 Å². The molecule has 0 spiro atoms. The molecule has 1 aliphatic rings. The summed E-state index contributed by atoms with van der Waals surface area (Å²) in [6, 6.07) is 23.3. The number of benzene rings is 3. The molecule has 0 fully saturated rings. The van der Waals surface area contributed by atoms with E-state index in [4.69, 9.17) is 0 Å². The van der Waals surface area contributed by atoms with E-state index in [1.54, 1.807) is 0 Å². The SMILES string of the molecule is Cc1ccc(C2=C(Nc3ccc(C(C)C)cc3)C(=O)N(c3ccc(C(C)C)cc3)C2=O)cc1. The Kier molecular flexibility index (Phi) is 6.19. The number of aryl methyl sites for hydroxylation is 1. The summed E-state index contributed by atoms with van der Waals surface area (Å²) in [5.41, 5.74) is 6.23. The van der Waals surface area contributed by atoms with Crippen LogP contribution in [0.3, 0.4) is 0 Å². The normalized spacial score (nSPS) is 14.1. The standard InChI is InChI=1S/C29H30N2O2/c1-18(2)21-10-14-24(15-11-21)30-27-26(23-8-6-20(5)7-9-23)28(32)31(29(27)33)25-16-12-22(13-17-25)19(3)4/h6-19,30H,1-5H3. The summed E-state index contributed by atoms with van der Waals surface area (Å²) in [5.74, 6) is 0.125. The van der Waals surface area contributed by atoms with Gasteiger partial charge in [-0.2, -0.15) is 0 Å². The molecule has 0 saturated carbocycles. The zero-order chi connectivity index (χ0) is 23.7. The minimum absolute atomic E-state index is 0.300. The molecule has 3 aromatic rings. The molecule has 0 saturated heterocycles. The Hall–Kier alpha value is -3.66. The second kappa shape index (κ2) is 9.07. The Balaban J connectivity index is 1.75. The lowest BCUT2D eigenvalue weighted by atomic mass is 10.0. The van der Waals surface area contributed by atoms with Crippen LogP contribution in [0.4, 0.5) is 11.4 Å². The number of hydrogen-bond donors (Lipinski definition) is 1. The fraction of sp³-hybridized carbons (Fsp3) is 0.241. The Morgan fingerprint density at radius 1 is 0.667 bits per heavy atom. The summed E-state index contributed by atoms with van der Waals surface area (Å²) >= 11 is 0. The van der Waals surface area contributed by atoms with Crippen LogP contribution in [-0.4, -0.2) is 11.8 Å². The molecule has 4 rings (SSSR count). The quantitative estimate of drug-likeness (QED) is 0.439. The van der Waals surface area contributed by atoms with Crippen LogP contribution in [0.15, 0.2) is 78.5 Å². The van der Waals surface area contributed by atoms with E-state index in [-0.39, 0.29) is 11.8 Å². The van der Waals surface area contributed by atoms with E-state index in [0.29, 0.717) is 28.8 Å². The highest BCUT2D eigenvalue weighted by Crippen LogP contribution is 2.34. The number of nitrogens with one attached hydrogen (secondary N) is 1. The van der Waals surface area contributed by atoms with Gasteiger partial charge in [0.15, 0.2) is 0 Å². The molecule has 168 valence electrons. The number of amides is 2. The summed E-state index contributed by atoms with van der Waals surface area (Å²) in [5, 5.41) is 3.25. The molecule has 4 nitrogen and oxygen atoms in total. The van der Waals surface area contributed by atoms with E-state index < -0.39 is 0 Å². The molecule has 0 bridgehead atoms. The second-order valence-electron chi connectivity index (χ2n) is 9.21. The number of imide groups is 1. The van der Waals surface area contributed by atoms with Gasteiger partial charge in [-0.05, 0) is 59.7 Å². The average molecular weight is 439 g/mol. The van der Waals surface area contributed by atoms with Gasteiger partial charge in [-0.1, -0.05) is 81.8 Å². The molecule has 0 aromatic heterocycles. The second-order valence-corrected chi connectivity index (χ2v) is 9.21. The lowest BCUT2D eigenvalue weighted by Crippen LogP contribution is -2.32. The maximum atomic E-state index is 13.6.